The molecule has 7 nitrogen and oxygen atoms in total. The van der Waals surface area contributed by atoms with E-state index in [9.17, 15) is 18.0 Å². The fraction of sp³-hybridized carbons (Fsp3) is 0.588. The fourth-order valence-corrected chi connectivity index (χ4v) is 3.56. The molecule has 0 aromatic carbocycles. The smallest absolute Gasteiger partial charge is 0.366 e. The molecule has 2 aliphatic rings. The molecule has 3 heterocycles. The van der Waals surface area contributed by atoms with Crippen molar-refractivity contribution in [2.75, 3.05) is 31.1 Å². The van der Waals surface area contributed by atoms with Crippen molar-refractivity contribution in [2.24, 2.45) is 0 Å². The van der Waals surface area contributed by atoms with Gasteiger partial charge in [-0.1, -0.05) is 16.8 Å². The Labute approximate surface area is 163 Å². The first-order valence-corrected chi connectivity index (χ1v) is 9.43. The molecule has 0 atom stereocenters. The van der Waals surface area contributed by atoms with Crippen LogP contribution in [0.3, 0.4) is 0 Å². The average molecular weight is 418 g/mol. The van der Waals surface area contributed by atoms with Gasteiger partial charge in [0.05, 0.1) is 17.6 Å². The van der Waals surface area contributed by atoms with Crippen molar-refractivity contribution < 1.29 is 17.7 Å². The summed E-state index contributed by atoms with van der Waals surface area (Å²) in [6, 6.07) is 2.01. The third-order valence-electron chi connectivity index (χ3n) is 4.95. The van der Waals surface area contributed by atoms with E-state index in [0.29, 0.717) is 49.0 Å². The Hall–Kier alpha value is -2.07. The summed E-state index contributed by atoms with van der Waals surface area (Å²) >= 11 is 6.05. The summed E-state index contributed by atoms with van der Waals surface area (Å²) in [5.74, 6) is 1.47. The van der Waals surface area contributed by atoms with Crippen molar-refractivity contribution in [3.8, 4) is 0 Å². The number of halogens is 4. The molecule has 1 saturated carbocycles. The highest BCUT2D eigenvalue weighted by Gasteiger charge is 2.31. The highest BCUT2D eigenvalue weighted by atomic mass is 35.5. The molecule has 0 bridgehead atoms. The first kappa shape index (κ1) is 19.3. The zero-order chi connectivity index (χ0) is 19.9. The molecule has 0 amide bonds. The molecule has 152 valence electrons. The highest BCUT2D eigenvalue weighted by Crippen LogP contribution is 2.40. The van der Waals surface area contributed by atoms with Gasteiger partial charge in [0.25, 0.3) is 5.56 Å². The zero-order valence-corrected chi connectivity index (χ0v) is 15.7. The van der Waals surface area contributed by atoms with Crippen LogP contribution >= 0.6 is 11.6 Å². The molecule has 2 fully saturated rings. The second kappa shape index (κ2) is 7.40. The molecular formula is C17H19ClF3N5O2. The molecule has 2 aromatic heterocycles. The number of piperazine rings is 1. The van der Waals surface area contributed by atoms with Gasteiger partial charge in [0, 0.05) is 44.7 Å². The predicted octanol–water partition coefficient (Wildman–Crippen LogP) is 2.65. The van der Waals surface area contributed by atoms with Gasteiger partial charge in [0.1, 0.15) is 17.3 Å². The lowest BCUT2D eigenvalue weighted by Crippen LogP contribution is -2.46. The van der Waals surface area contributed by atoms with Crippen LogP contribution in [0, 0.1) is 0 Å². The molecule has 11 heteroatoms. The number of nitrogens with zero attached hydrogens (tertiary/aromatic N) is 5. The van der Waals surface area contributed by atoms with Gasteiger partial charge in [0.2, 0.25) is 0 Å². The Morgan fingerprint density at radius 1 is 1.21 bits per heavy atom. The topological polar surface area (TPSA) is 67.4 Å². The van der Waals surface area contributed by atoms with Crippen LogP contribution in [0.1, 0.15) is 30.2 Å². The lowest BCUT2D eigenvalue weighted by atomic mass is 10.2. The SMILES string of the molecule is O=c1c(Cl)c(N2CCN(Cc3cc(C4CC4)on3)CC2)cnn1CC(F)(F)F. The minimum Gasteiger partial charge on any atom is -0.366 e. The van der Waals surface area contributed by atoms with Gasteiger partial charge in [0.15, 0.2) is 0 Å². The number of aromatic nitrogens is 3. The second-order valence-electron chi connectivity index (χ2n) is 7.18. The van der Waals surface area contributed by atoms with Gasteiger partial charge in [-0.05, 0) is 12.8 Å². The van der Waals surface area contributed by atoms with E-state index in [2.05, 4.69) is 15.2 Å². The van der Waals surface area contributed by atoms with Crippen molar-refractivity contribution in [1.29, 1.82) is 0 Å². The fourth-order valence-electron chi connectivity index (χ4n) is 3.30. The number of alkyl halides is 3. The van der Waals surface area contributed by atoms with Crippen molar-refractivity contribution in [1.82, 2.24) is 19.8 Å². The van der Waals surface area contributed by atoms with E-state index in [1.165, 1.54) is 6.20 Å². The van der Waals surface area contributed by atoms with E-state index in [-0.39, 0.29) is 5.02 Å². The lowest BCUT2D eigenvalue weighted by Gasteiger charge is -2.35. The van der Waals surface area contributed by atoms with Crippen LogP contribution in [-0.2, 0) is 13.1 Å². The quantitative estimate of drug-likeness (QED) is 0.745. The number of hydrogen-bond acceptors (Lipinski definition) is 6. The van der Waals surface area contributed by atoms with Crippen LogP contribution < -0.4 is 10.5 Å². The molecule has 2 aromatic rings. The molecule has 28 heavy (non-hydrogen) atoms. The summed E-state index contributed by atoms with van der Waals surface area (Å²) in [4.78, 5) is 16.2. The van der Waals surface area contributed by atoms with Gasteiger partial charge >= 0.3 is 6.18 Å². The van der Waals surface area contributed by atoms with E-state index in [0.717, 1.165) is 24.3 Å². The normalized spacial score (nSPS) is 18.6. The van der Waals surface area contributed by atoms with Gasteiger partial charge in [-0.2, -0.15) is 18.3 Å². The second-order valence-corrected chi connectivity index (χ2v) is 7.56. The van der Waals surface area contributed by atoms with Gasteiger partial charge in [-0.3, -0.25) is 9.69 Å². The van der Waals surface area contributed by atoms with Crippen LogP contribution in [0.4, 0.5) is 18.9 Å². The van der Waals surface area contributed by atoms with Gasteiger partial charge in [-0.25, -0.2) is 4.68 Å². The number of hydrogen-bond donors (Lipinski definition) is 0. The Balaban J connectivity index is 1.37. The van der Waals surface area contributed by atoms with Gasteiger partial charge < -0.3 is 9.42 Å². The lowest BCUT2D eigenvalue weighted by molar-refractivity contribution is -0.143. The summed E-state index contributed by atoms with van der Waals surface area (Å²) in [5, 5.41) is 7.51. The predicted molar refractivity (Wildman–Crippen MR) is 95.5 cm³/mol. The molecule has 4 rings (SSSR count). The van der Waals surface area contributed by atoms with E-state index >= 15 is 0 Å². The van der Waals surface area contributed by atoms with Crippen LogP contribution in [0.2, 0.25) is 5.02 Å². The maximum absolute atomic E-state index is 12.5. The molecule has 1 saturated heterocycles. The third-order valence-corrected chi connectivity index (χ3v) is 5.31. The summed E-state index contributed by atoms with van der Waals surface area (Å²) in [5.41, 5.74) is 0.320. The monoisotopic (exact) mass is 417 g/mol. The van der Waals surface area contributed by atoms with Crippen LogP contribution in [0.25, 0.3) is 0 Å². The summed E-state index contributed by atoms with van der Waals surface area (Å²) < 4.78 is 43.2. The molecule has 1 aliphatic heterocycles. The number of anilines is 1. The Morgan fingerprint density at radius 3 is 2.57 bits per heavy atom. The largest absolute Gasteiger partial charge is 0.408 e. The summed E-state index contributed by atoms with van der Waals surface area (Å²) in [6.45, 7) is 1.78. The van der Waals surface area contributed by atoms with E-state index < -0.39 is 18.3 Å². The van der Waals surface area contributed by atoms with Gasteiger partial charge in [-0.15, -0.1) is 0 Å². The van der Waals surface area contributed by atoms with Crippen LogP contribution in [0.15, 0.2) is 21.6 Å². The highest BCUT2D eigenvalue weighted by molar-refractivity contribution is 6.33. The van der Waals surface area contributed by atoms with Crippen molar-refractivity contribution in [3.63, 3.8) is 0 Å². The molecule has 0 spiro atoms. The van der Waals surface area contributed by atoms with Crippen LogP contribution in [0.5, 0.6) is 0 Å². The zero-order valence-electron chi connectivity index (χ0n) is 15.0. The first-order valence-electron chi connectivity index (χ1n) is 9.05. The first-order chi connectivity index (χ1) is 13.3. The van der Waals surface area contributed by atoms with Crippen molar-refractivity contribution >= 4 is 17.3 Å². The Bertz CT molecular complexity index is 901. The summed E-state index contributed by atoms with van der Waals surface area (Å²) in [7, 11) is 0. The van der Waals surface area contributed by atoms with E-state index in [4.69, 9.17) is 16.1 Å². The van der Waals surface area contributed by atoms with Crippen molar-refractivity contribution in [2.45, 2.75) is 38.0 Å². The summed E-state index contributed by atoms with van der Waals surface area (Å²) in [6.07, 6.45) is -0.994. The van der Waals surface area contributed by atoms with Crippen LogP contribution in [-0.4, -0.2) is 52.2 Å². The minimum absolute atomic E-state index is 0.238. The maximum Gasteiger partial charge on any atom is 0.408 e. The number of rotatable bonds is 5. The average Bonchev–Trinajstić information content (AvgIpc) is 3.39. The minimum atomic E-state index is -4.53. The Morgan fingerprint density at radius 2 is 1.93 bits per heavy atom. The third kappa shape index (κ3) is 4.33. The maximum atomic E-state index is 12.5. The van der Waals surface area contributed by atoms with Crippen molar-refractivity contribution in [3.05, 3.63) is 39.1 Å². The standard InChI is InChI=1S/C17H19ClF3N5O2/c18-15-13(8-22-26(16(15)27)10-17(19,20)21)25-5-3-24(4-6-25)9-12-7-14(28-23-12)11-1-2-11/h7-8,11H,1-6,9-10H2. The Kier molecular flexibility index (Phi) is 5.09. The van der Waals surface area contributed by atoms with E-state index in [1.54, 1.807) is 0 Å². The molecule has 0 radical (unpaired) electrons. The van der Waals surface area contributed by atoms with E-state index in [1.807, 2.05) is 11.0 Å². The molecule has 1 aliphatic carbocycles. The molecular weight excluding hydrogens is 399 g/mol. The molecule has 0 unspecified atom stereocenters. The molecule has 0 N–H and O–H groups in total.